The first-order valence-corrected chi connectivity index (χ1v) is 7.63. The first-order chi connectivity index (χ1) is 10.8. The Morgan fingerprint density at radius 3 is 3.00 bits per heavy atom. The van der Waals surface area contributed by atoms with Crippen LogP contribution in [0.25, 0.3) is 11.0 Å². The van der Waals surface area contributed by atoms with Crippen molar-refractivity contribution in [3.63, 3.8) is 0 Å². The van der Waals surface area contributed by atoms with Crippen LogP contribution in [0.1, 0.15) is 16.9 Å². The first kappa shape index (κ1) is 14.9. The molecule has 3 rings (SSSR count). The number of morpholine rings is 1. The third-order valence-electron chi connectivity index (χ3n) is 3.74. The minimum absolute atomic E-state index is 0.144. The smallest absolute Gasteiger partial charge is 0.269 e. The van der Waals surface area contributed by atoms with Crippen LogP contribution in [0.2, 0.25) is 0 Å². The van der Waals surface area contributed by atoms with E-state index in [-0.39, 0.29) is 5.91 Å². The van der Waals surface area contributed by atoms with Gasteiger partial charge in [0.2, 0.25) is 0 Å². The van der Waals surface area contributed by atoms with Gasteiger partial charge in [-0.05, 0) is 37.2 Å². The van der Waals surface area contributed by atoms with Gasteiger partial charge < -0.3 is 10.1 Å². The SMILES string of the molecule is O=C(NCCCN1CCOCC1)c1ccc2cccnc2n1. The summed E-state index contributed by atoms with van der Waals surface area (Å²) >= 11 is 0. The highest BCUT2D eigenvalue weighted by atomic mass is 16.5. The van der Waals surface area contributed by atoms with Crippen molar-refractivity contribution in [1.29, 1.82) is 0 Å². The van der Waals surface area contributed by atoms with Gasteiger partial charge in [0.1, 0.15) is 5.69 Å². The van der Waals surface area contributed by atoms with E-state index in [1.165, 1.54) is 0 Å². The lowest BCUT2D eigenvalue weighted by molar-refractivity contribution is 0.0374. The van der Waals surface area contributed by atoms with Crippen molar-refractivity contribution < 1.29 is 9.53 Å². The highest BCUT2D eigenvalue weighted by Crippen LogP contribution is 2.09. The number of aromatic nitrogens is 2. The minimum atomic E-state index is -0.144. The van der Waals surface area contributed by atoms with Crippen LogP contribution >= 0.6 is 0 Å². The predicted molar refractivity (Wildman–Crippen MR) is 83.7 cm³/mol. The number of rotatable bonds is 5. The Bertz CT molecular complexity index is 641. The average molecular weight is 300 g/mol. The number of ether oxygens (including phenoxy) is 1. The molecule has 6 nitrogen and oxygen atoms in total. The Kier molecular flexibility index (Phi) is 4.92. The maximum atomic E-state index is 12.1. The van der Waals surface area contributed by atoms with Gasteiger partial charge in [-0.3, -0.25) is 9.69 Å². The molecule has 0 aromatic carbocycles. The molecule has 1 N–H and O–H groups in total. The van der Waals surface area contributed by atoms with Crippen LogP contribution in [-0.2, 0) is 4.74 Å². The number of hydrogen-bond donors (Lipinski definition) is 1. The summed E-state index contributed by atoms with van der Waals surface area (Å²) in [6, 6.07) is 7.40. The van der Waals surface area contributed by atoms with Gasteiger partial charge in [-0.2, -0.15) is 0 Å². The van der Waals surface area contributed by atoms with Crippen LogP contribution in [0.3, 0.4) is 0 Å². The number of nitrogens with one attached hydrogen (secondary N) is 1. The number of pyridine rings is 2. The molecule has 2 aromatic heterocycles. The van der Waals surface area contributed by atoms with Gasteiger partial charge in [-0.15, -0.1) is 0 Å². The fourth-order valence-corrected chi connectivity index (χ4v) is 2.50. The maximum absolute atomic E-state index is 12.1. The lowest BCUT2D eigenvalue weighted by Gasteiger charge is -2.26. The molecule has 0 atom stereocenters. The molecule has 1 aliphatic rings. The van der Waals surface area contributed by atoms with Crippen LogP contribution in [0.15, 0.2) is 30.5 Å². The van der Waals surface area contributed by atoms with Crippen molar-refractivity contribution in [3.05, 3.63) is 36.2 Å². The first-order valence-electron chi connectivity index (χ1n) is 7.63. The molecule has 1 saturated heterocycles. The lowest BCUT2D eigenvalue weighted by atomic mass is 10.2. The largest absolute Gasteiger partial charge is 0.379 e. The van der Waals surface area contributed by atoms with E-state index >= 15 is 0 Å². The van der Waals surface area contributed by atoms with Crippen molar-refractivity contribution in [2.75, 3.05) is 39.4 Å². The molecule has 0 unspecified atom stereocenters. The van der Waals surface area contributed by atoms with Crippen LogP contribution in [0, 0.1) is 0 Å². The maximum Gasteiger partial charge on any atom is 0.269 e. The Morgan fingerprint density at radius 1 is 1.27 bits per heavy atom. The Labute approximate surface area is 129 Å². The molecule has 0 bridgehead atoms. The second-order valence-corrected chi connectivity index (χ2v) is 5.31. The second-order valence-electron chi connectivity index (χ2n) is 5.31. The van der Waals surface area contributed by atoms with Crippen molar-refractivity contribution in [2.24, 2.45) is 0 Å². The van der Waals surface area contributed by atoms with E-state index in [1.807, 2.05) is 18.2 Å². The molecule has 1 fully saturated rings. The zero-order valence-electron chi connectivity index (χ0n) is 12.5. The van der Waals surface area contributed by atoms with Crippen molar-refractivity contribution in [1.82, 2.24) is 20.2 Å². The van der Waals surface area contributed by atoms with E-state index in [2.05, 4.69) is 20.2 Å². The van der Waals surface area contributed by atoms with E-state index in [0.29, 0.717) is 17.9 Å². The molecular weight excluding hydrogens is 280 g/mol. The molecule has 6 heteroatoms. The highest BCUT2D eigenvalue weighted by Gasteiger charge is 2.11. The van der Waals surface area contributed by atoms with Gasteiger partial charge in [0.15, 0.2) is 5.65 Å². The van der Waals surface area contributed by atoms with Crippen LogP contribution in [0.4, 0.5) is 0 Å². The summed E-state index contributed by atoms with van der Waals surface area (Å²) in [4.78, 5) is 22.9. The Morgan fingerprint density at radius 2 is 2.14 bits per heavy atom. The molecular formula is C16H20N4O2. The van der Waals surface area contributed by atoms with Gasteiger partial charge in [0.25, 0.3) is 5.91 Å². The summed E-state index contributed by atoms with van der Waals surface area (Å²) in [7, 11) is 0. The van der Waals surface area contributed by atoms with Crippen LogP contribution in [-0.4, -0.2) is 60.2 Å². The third kappa shape index (κ3) is 3.78. The van der Waals surface area contributed by atoms with E-state index in [9.17, 15) is 4.79 Å². The van der Waals surface area contributed by atoms with Gasteiger partial charge >= 0.3 is 0 Å². The molecule has 0 radical (unpaired) electrons. The average Bonchev–Trinajstić information content (AvgIpc) is 2.59. The second kappa shape index (κ2) is 7.29. The number of fused-ring (bicyclic) bond motifs is 1. The van der Waals surface area contributed by atoms with E-state index in [1.54, 1.807) is 12.3 Å². The summed E-state index contributed by atoms with van der Waals surface area (Å²) in [6.07, 6.45) is 2.61. The molecule has 22 heavy (non-hydrogen) atoms. The van der Waals surface area contributed by atoms with Gasteiger partial charge in [-0.25, -0.2) is 9.97 Å². The predicted octanol–water partition coefficient (Wildman–Crippen LogP) is 1.08. The quantitative estimate of drug-likeness (QED) is 0.837. The van der Waals surface area contributed by atoms with Crippen molar-refractivity contribution >= 4 is 16.9 Å². The molecule has 1 amide bonds. The van der Waals surface area contributed by atoms with Gasteiger partial charge in [0.05, 0.1) is 13.2 Å². The van der Waals surface area contributed by atoms with Crippen molar-refractivity contribution in [3.8, 4) is 0 Å². The fraction of sp³-hybridized carbons (Fsp3) is 0.438. The standard InChI is InChI=1S/C16H20N4O2/c21-16(18-7-2-8-20-9-11-22-12-10-20)14-5-4-13-3-1-6-17-15(13)19-14/h1,3-6H,2,7-12H2,(H,18,21). The number of carbonyl (C=O) groups excluding carboxylic acids is 1. The molecule has 2 aromatic rings. The summed E-state index contributed by atoms with van der Waals surface area (Å²) < 4.78 is 5.31. The van der Waals surface area contributed by atoms with E-state index in [4.69, 9.17) is 4.74 Å². The van der Waals surface area contributed by atoms with Gasteiger partial charge in [-0.1, -0.05) is 0 Å². The number of amides is 1. The highest BCUT2D eigenvalue weighted by molar-refractivity contribution is 5.94. The van der Waals surface area contributed by atoms with Crippen LogP contribution < -0.4 is 5.32 Å². The zero-order chi connectivity index (χ0) is 15.2. The molecule has 1 aliphatic heterocycles. The molecule has 3 heterocycles. The summed E-state index contributed by atoms with van der Waals surface area (Å²) in [5.41, 5.74) is 1.01. The molecule has 116 valence electrons. The summed E-state index contributed by atoms with van der Waals surface area (Å²) in [5, 5.41) is 3.85. The van der Waals surface area contributed by atoms with Crippen LogP contribution in [0.5, 0.6) is 0 Å². The lowest BCUT2D eigenvalue weighted by Crippen LogP contribution is -2.38. The Hall–Kier alpha value is -2.05. The number of nitrogens with zero attached hydrogens (tertiary/aromatic N) is 3. The molecule has 0 saturated carbocycles. The fourth-order valence-electron chi connectivity index (χ4n) is 2.50. The van der Waals surface area contributed by atoms with Gasteiger partial charge in [0, 0.05) is 31.2 Å². The topological polar surface area (TPSA) is 67.4 Å². The zero-order valence-corrected chi connectivity index (χ0v) is 12.5. The summed E-state index contributed by atoms with van der Waals surface area (Å²) in [6.45, 7) is 5.20. The number of carbonyl (C=O) groups is 1. The third-order valence-corrected chi connectivity index (χ3v) is 3.74. The van der Waals surface area contributed by atoms with E-state index < -0.39 is 0 Å². The molecule has 0 spiro atoms. The minimum Gasteiger partial charge on any atom is -0.379 e. The Balaban J connectivity index is 1.48. The molecule has 0 aliphatic carbocycles. The summed E-state index contributed by atoms with van der Waals surface area (Å²) in [5.74, 6) is -0.144. The van der Waals surface area contributed by atoms with Crippen molar-refractivity contribution in [2.45, 2.75) is 6.42 Å². The number of hydrogen-bond acceptors (Lipinski definition) is 5. The monoisotopic (exact) mass is 300 g/mol. The van der Waals surface area contributed by atoms with E-state index in [0.717, 1.165) is 44.7 Å². The normalized spacial score (nSPS) is 15.8.